The Morgan fingerprint density at radius 1 is 1.19 bits per heavy atom. The first-order chi connectivity index (χ1) is 15.2. The number of aliphatic imine (C=N–C) groups is 1. The van der Waals surface area contributed by atoms with Gasteiger partial charge in [-0.1, -0.05) is 12.1 Å². The number of guanidine groups is 1. The molecule has 2 N–H and O–H groups in total. The number of thiophene rings is 1. The van der Waals surface area contributed by atoms with Gasteiger partial charge in [-0.3, -0.25) is 4.99 Å². The molecule has 176 valence electrons. The summed E-state index contributed by atoms with van der Waals surface area (Å²) in [7, 11) is 3.57. The van der Waals surface area contributed by atoms with Gasteiger partial charge in [-0.2, -0.15) is 0 Å². The molecule has 0 saturated carbocycles. The lowest BCUT2D eigenvalue weighted by Gasteiger charge is -2.39. The van der Waals surface area contributed by atoms with Gasteiger partial charge in [-0.15, -0.1) is 35.3 Å². The predicted octanol–water partition coefficient (Wildman–Crippen LogP) is 4.26. The quantitative estimate of drug-likeness (QED) is 0.309. The second kappa shape index (κ2) is 12.1. The van der Waals surface area contributed by atoms with E-state index in [2.05, 4.69) is 62.3 Å². The molecular formula is C24H35IN4O2S. The summed E-state index contributed by atoms with van der Waals surface area (Å²) in [4.78, 5) is 7.01. The smallest absolute Gasteiger partial charge is 0.191 e. The lowest BCUT2D eigenvalue weighted by atomic mass is 9.74. The van der Waals surface area contributed by atoms with Crippen LogP contribution in [0.5, 0.6) is 5.75 Å². The third-order valence-electron chi connectivity index (χ3n) is 6.62. The van der Waals surface area contributed by atoms with Gasteiger partial charge in [0, 0.05) is 51.4 Å². The minimum atomic E-state index is 0. The Bertz CT molecular complexity index is 830. The van der Waals surface area contributed by atoms with Crippen LogP contribution in [0, 0.1) is 0 Å². The summed E-state index contributed by atoms with van der Waals surface area (Å²) in [5.74, 6) is 1.79. The first kappa shape index (κ1) is 25.1. The first-order valence-electron chi connectivity index (χ1n) is 11.2. The number of piperidine rings is 1. The van der Waals surface area contributed by atoms with E-state index < -0.39 is 0 Å². The molecule has 1 aromatic carbocycles. The van der Waals surface area contributed by atoms with Crippen LogP contribution >= 0.6 is 35.3 Å². The highest BCUT2D eigenvalue weighted by Crippen LogP contribution is 2.35. The number of ether oxygens (including phenoxy) is 2. The van der Waals surface area contributed by atoms with Gasteiger partial charge in [-0.05, 0) is 60.9 Å². The Balaban J connectivity index is 0.00000289. The molecule has 2 aliphatic heterocycles. The van der Waals surface area contributed by atoms with Gasteiger partial charge in [0.2, 0.25) is 0 Å². The molecule has 2 aliphatic rings. The predicted molar refractivity (Wildman–Crippen MR) is 144 cm³/mol. The molecule has 2 fully saturated rings. The van der Waals surface area contributed by atoms with Gasteiger partial charge >= 0.3 is 0 Å². The van der Waals surface area contributed by atoms with E-state index in [1.807, 2.05) is 18.4 Å². The average Bonchev–Trinajstić information content (AvgIpc) is 3.38. The van der Waals surface area contributed by atoms with E-state index in [1.165, 1.54) is 10.6 Å². The number of halogens is 1. The second-order valence-corrected chi connectivity index (χ2v) is 9.33. The van der Waals surface area contributed by atoms with Crippen LogP contribution in [0.2, 0.25) is 0 Å². The zero-order chi connectivity index (χ0) is 21.5. The van der Waals surface area contributed by atoms with Crippen LogP contribution < -0.4 is 20.3 Å². The van der Waals surface area contributed by atoms with Crippen LogP contribution in [-0.2, 0) is 10.2 Å². The van der Waals surface area contributed by atoms with Crippen LogP contribution in [0.25, 0.3) is 0 Å². The molecular weight excluding hydrogens is 535 g/mol. The number of nitrogens with one attached hydrogen (secondary N) is 2. The summed E-state index contributed by atoms with van der Waals surface area (Å²) < 4.78 is 11.0. The number of hydrogen-bond acceptors (Lipinski definition) is 5. The monoisotopic (exact) mass is 570 g/mol. The first-order valence-corrected chi connectivity index (χ1v) is 12.1. The highest BCUT2D eigenvalue weighted by molar-refractivity contribution is 14.0. The molecule has 8 heteroatoms. The van der Waals surface area contributed by atoms with E-state index in [0.717, 1.165) is 70.2 Å². The lowest BCUT2D eigenvalue weighted by Crippen LogP contribution is -2.52. The highest BCUT2D eigenvalue weighted by atomic mass is 127. The number of nitrogens with zero attached hydrogens (tertiary/aromatic N) is 2. The normalized spacial score (nSPS) is 19.2. The molecule has 0 atom stereocenters. The minimum absolute atomic E-state index is 0. The molecule has 0 spiro atoms. The number of methoxy groups -OCH3 is 1. The van der Waals surface area contributed by atoms with Crippen molar-refractivity contribution in [1.82, 2.24) is 10.6 Å². The molecule has 0 radical (unpaired) electrons. The topological polar surface area (TPSA) is 58.1 Å². The SMILES string of the molecule is CN=C(NCC1(c2ccc(OC)cc2)CCOCC1)NC1CCN(c2cccs2)CC1.I. The molecule has 1 aromatic heterocycles. The maximum absolute atomic E-state index is 5.68. The largest absolute Gasteiger partial charge is 0.497 e. The van der Waals surface area contributed by atoms with Crippen molar-refractivity contribution in [1.29, 1.82) is 0 Å². The van der Waals surface area contributed by atoms with Crippen molar-refractivity contribution in [3.8, 4) is 5.75 Å². The Labute approximate surface area is 212 Å². The Morgan fingerprint density at radius 2 is 1.91 bits per heavy atom. The van der Waals surface area contributed by atoms with Crippen LogP contribution in [0.15, 0.2) is 46.8 Å². The molecule has 0 amide bonds. The van der Waals surface area contributed by atoms with Gasteiger partial charge < -0.3 is 25.0 Å². The van der Waals surface area contributed by atoms with Crippen LogP contribution in [-0.4, -0.2) is 59.0 Å². The molecule has 4 rings (SSSR count). The van der Waals surface area contributed by atoms with Gasteiger partial charge in [-0.25, -0.2) is 0 Å². The summed E-state index contributed by atoms with van der Waals surface area (Å²) >= 11 is 1.82. The average molecular weight is 571 g/mol. The van der Waals surface area contributed by atoms with Gasteiger partial charge in [0.25, 0.3) is 0 Å². The summed E-state index contributed by atoms with van der Waals surface area (Å²) in [5, 5.41) is 10.8. The third-order valence-corrected chi connectivity index (χ3v) is 7.55. The van der Waals surface area contributed by atoms with Crippen molar-refractivity contribution < 1.29 is 9.47 Å². The van der Waals surface area contributed by atoms with Gasteiger partial charge in [0.15, 0.2) is 5.96 Å². The zero-order valence-corrected chi connectivity index (χ0v) is 22.2. The number of benzene rings is 1. The maximum Gasteiger partial charge on any atom is 0.191 e. The standard InChI is InChI=1S/C24H34N4O2S.HI/c1-25-23(27-20-9-13-28(14-10-20)22-4-3-17-31-22)26-18-24(11-15-30-16-12-24)19-5-7-21(29-2)8-6-19;/h3-8,17,20H,9-16,18H2,1-2H3,(H2,25,26,27);1H. The summed E-state index contributed by atoms with van der Waals surface area (Å²) in [6.45, 7) is 4.60. The molecule has 3 heterocycles. The fourth-order valence-corrected chi connectivity index (χ4v) is 5.39. The molecule has 2 saturated heterocycles. The minimum Gasteiger partial charge on any atom is -0.497 e. The highest BCUT2D eigenvalue weighted by Gasteiger charge is 2.35. The fourth-order valence-electron chi connectivity index (χ4n) is 4.61. The van der Waals surface area contributed by atoms with Gasteiger partial charge in [0.05, 0.1) is 12.1 Å². The Kier molecular flexibility index (Phi) is 9.48. The van der Waals surface area contributed by atoms with Crippen molar-refractivity contribution >= 4 is 46.3 Å². The summed E-state index contributed by atoms with van der Waals surface area (Å²) in [6, 6.07) is 13.3. The van der Waals surface area contributed by atoms with Crippen LogP contribution in [0.1, 0.15) is 31.2 Å². The fraction of sp³-hybridized carbons (Fsp3) is 0.542. The van der Waals surface area contributed by atoms with E-state index in [9.17, 15) is 0 Å². The molecule has 0 unspecified atom stereocenters. The molecule has 32 heavy (non-hydrogen) atoms. The summed E-state index contributed by atoms with van der Waals surface area (Å²) in [6.07, 6.45) is 4.25. The number of hydrogen-bond donors (Lipinski definition) is 2. The molecule has 0 aliphatic carbocycles. The van der Waals surface area contributed by atoms with Crippen molar-refractivity contribution in [3.63, 3.8) is 0 Å². The van der Waals surface area contributed by atoms with Crippen molar-refractivity contribution in [2.24, 2.45) is 4.99 Å². The van der Waals surface area contributed by atoms with Gasteiger partial charge in [0.1, 0.15) is 5.75 Å². The summed E-state index contributed by atoms with van der Waals surface area (Å²) in [5.41, 5.74) is 1.38. The van der Waals surface area contributed by atoms with E-state index in [1.54, 1.807) is 7.11 Å². The maximum atomic E-state index is 5.68. The molecule has 0 bridgehead atoms. The van der Waals surface area contributed by atoms with E-state index in [0.29, 0.717) is 6.04 Å². The Hall–Kier alpha value is -1.52. The van der Waals surface area contributed by atoms with Crippen LogP contribution in [0.4, 0.5) is 5.00 Å². The van der Waals surface area contributed by atoms with E-state index in [-0.39, 0.29) is 29.4 Å². The van der Waals surface area contributed by atoms with E-state index in [4.69, 9.17) is 9.47 Å². The van der Waals surface area contributed by atoms with Crippen molar-refractivity contribution in [2.45, 2.75) is 37.1 Å². The van der Waals surface area contributed by atoms with E-state index >= 15 is 0 Å². The van der Waals surface area contributed by atoms with Crippen molar-refractivity contribution in [2.75, 3.05) is 51.9 Å². The number of rotatable bonds is 6. The van der Waals surface area contributed by atoms with Crippen LogP contribution in [0.3, 0.4) is 0 Å². The third kappa shape index (κ3) is 6.08. The lowest BCUT2D eigenvalue weighted by molar-refractivity contribution is 0.0513. The second-order valence-electron chi connectivity index (χ2n) is 8.40. The zero-order valence-electron chi connectivity index (χ0n) is 19.0. The number of anilines is 1. The Morgan fingerprint density at radius 3 is 2.50 bits per heavy atom. The molecule has 6 nitrogen and oxygen atoms in total. The molecule has 2 aromatic rings. The van der Waals surface area contributed by atoms with Crippen molar-refractivity contribution in [3.05, 3.63) is 47.3 Å².